The number of aryl methyl sites for hydroxylation is 2. The second-order valence-electron chi connectivity index (χ2n) is 4.36. The number of benzene rings is 1. The summed E-state index contributed by atoms with van der Waals surface area (Å²) in [6.45, 7) is 3.79. The van der Waals surface area contributed by atoms with Crippen LogP contribution in [0.25, 0.3) is 0 Å². The number of rotatable bonds is 3. The van der Waals surface area contributed by atoms with E-state index in [9.17, 15) is 9.59 Å². The number of anilines is 1. The molecule has 1 aromatic carbocycles. The van der Waals surface area contributed by atoms with Crippen LogP contribution in [0.1, 0.15) is 28.5 Å². The van der Waals surface area contributed by atoms with Crippen LogP contribution in [0.15, 0.2) is 41.3 Å². The van der Waals surface area contributed by atoms with Gasteiger partial charge in [0.1, 0.15) is 5.56 Å². The average Bonchev–Trinajstić information content (AvgIpc) is 2.39. The Bertz CT molecular complexity index is 659. The van der Waals surface area contributed by atoms with E-state index in [0.29, 0.717) is 0 Å². The molecule has 19 heavy (non-hydrogen) atoms. The Hall–Kier alpha value is -2.36. The number of amides is 1. The summed E-state index contributed by atoms with van der Waals surface area (Å²) in [5.74, 6) is -0.387. The van der Waals surface area contributed by atoms with Crippen molar-refractivity contribution in [3.8, 4) is 0 Å². The van der Waals surface area contributed by atoms with Crippen molar-refractivity contribution >= 4 is 11.6 Å². The first-order valence-corrected chi connectivity index (χ1v) is 6.20. The molecule has 0 unspecified atom stereocenters. The van der Waals surface area contributed by atoms with Crippen LogP contribution in [0.3, 0.4) is 0 Å². The maximum atomic E-state index is 12.1. The molecule has 4 nitrogen and oxygen atoms in total. The fraction of sp³-hybridized carbons (Fsp3) is 0.200. The standard InChI is InChI=1S/C15H16N2O2/c1-3-11-6-4-5-7-13(11)17-15(19)12-9-16-10(2)8-14(12)18/h4-9H,3H2,1-2H3,(H,16,18)(H,17,19). The summed E-state index contributed by atoms with van der Waals surface area (Å²) < 4.78 is 0. The number of H-pyrrole nitrogens is 1. The van der Waals surface area contributed by atoms with Crippen molar-refractivity contribution in [2.24, 2.45) is 0 Å². The highest BCUT2D eigenvalue weighted by molar-refractivity contribution is 6.04. The van der Waals surface area contributed by atoms with E-state index in [1.54, 1.807) is 6.92 Å². The van der Waals surface area contributed by atoms with Gasteiger partial charge in [-0.3, -0.25) is 9.59 Å². The highest BCUT2D eigenvalue weighted by atomic mass is 16.2. The van der Waals surface area contributed by atoms with Gasteiger partial charge in [0.2, 0.25) is 0 Å². The predicted octanol–water partition coefficient (Wildman–Crippen LogP) is 2.50. The van der Waals surface area contributed by atoms with Gasteiger partial charge in [-0.25, -0.2) is 0 Å². The van der Waals surface area contributed by atoms with Crippen LogP contribution in [-0.2, 0) is 6.42 Å². The van der Waals surface area contributed by atoms with Gasteiger partial charge < -0.3 is 10.3 Å². The molecule has 0 spiro atoms. The number of para-hydroxylation sites is 1. The molecule has 2 rings (SSSR count). The second-order valence-corrected chi connectivity index (χ2v) is 4.36. The first-order valence-electron chi connectivity index (χ1n) is 6.20. The third-order valence-corrected chi connectivity index (χ3v) is 2.95. The Morgan fingerprint density at radius 3 is 2.74 bits per heavy atom. The third kappa shape index (κ3) is 2.91. The molecule has 0 saturated carbocycles. The molecule has 0 radical (unpaired) electrons. The molecule has 98 valence electrons. The Labute approximate surface area is 111 Å². The van der Waals surface area contributed by atoms with E-state index < -0.39 is 0 Å². The molecule has 0 bridgehead atoms. The van der Waals surface area contributed by atoms with E-state index in [0.717, 1.165) is 23.4 Å². The van der Waals surface area contributed by atoms with Crippen LogP contribution < -0.4 is 10.7 Å². The molecule has 0 aliphatic heterocycles. The first-order chi connectivity index (χ1) is 9.11. The van der Waals surface area contributed by atoms with Crippen LogP contribution >= 0.6 is 0 Å². The fourth-order valence-electron chi connectivity index (χ4n) is 1.89. The highest BCUT2D eigenvalue weighted by Crippen LogP contribution is 2.15. The lowest BCUT2D eigenvalue weighted by molar-refractivity contribution is 0.102. The van der Waals surface area contributed by atoms with Crippen molar-refractivity contribution in [2.45, 2.75) is 20.3 Å². The molecule has 1 amide bonds. The summed E-state index contributed by atoms with van der Waals surface area (Å²) >= 11 is 0. The zero-order valence-corrected chi connectivity index (χ0v) is 11.0. The van der Waals surface area contributed by atoms with Gasteiger partial charge in [-0.1, -0.05) is 25.1 Å². The lowest BCUT2D eigenvalue weighted by atomic mass is 10.1. The van der Waals surface area contributed by atoms with E-state index in [1.165, 1.54) is 12.3 Å². The van der Waals surface area contributed by atoms with Crippen LogP contribution in [-0.4, -0.2) is 10.9 Å². The largest absolute Gasteiger partial charge is 0.364 e. The molecular formula is C15H16N2O2. The minimum Gasteiger partial charge on any atom is -0.364 e. The van der Waals surface area contributed by atoms with Gasteiger partial charge in [0.15, 0.2) is 5.43 Å². The van der Waals surface area contributed by atoms with E-state index >= 15 is 0 Å². The average molecular weight is 256 g/mol. The first kappa shape index (κ1) is 13.1. The number of aromatic amines is 1. The van der Waals surface area contributed by atoms with Gasteiger partial charge >= 0.3 is 0 Å². The van der Waals surface area contributed by atoms with Crippen molar-refractivity contribution in [3.63, 3.8) is 0 Å². The molecule has 0 aliphatic rings. The number of carbonyl (C=O) groups excluding carboxylic acids is 1. The van der Waals surface area contributed by atoms with E-state index in [-0.39, 0.29) is 16.9 Å². The van der Waals surface area contributed by atoms with E-state index in [1.807, 2.05) is 31.2 Å². The molecule has 0 saturated heterocycles. The number of nitrogens with one attached hydrogen (secondary N) is 2. The minimum atomic E-state index is -0.387. The second kappa shape index (κ2) is 5.52. The number of hydrogen-bond acceptors (Lipinski definition) is 2. The lowest BCUT2D eigenvalue weighted by Gasteiger charge is -2.09. The maximum absolute atomic E-state index is 12.1. The lowest BCUT2D eigenvalue weighted by Crippen LogP contribution is -2.22. The van der Waals surface area contributed by atoms with Gasteiger partial charge in [-0.05, 0) is 25.0 Å². The Morgan fingerprint density at radius 1 is 1.32 bits per heavy atom. The molecule has 4 heteroatoms. The zero-order chi connectivity index (χ0) is 13.8. The molecular weight excluding hydrogens is 240 g/mol. The summed E-state index contributed by atoms with van der Waals surface area (Å²) in [6, 6.07) is 8.98. The van der Waals surface area contributed by atoms with E-state index in [2.05, 4.69) is 10.3 Å². The van der Waals surface area contributed by atoms with Crippen molar-refractivity contribution in [1.29, 1.82) is 0 Å². The van der Waals surface area contributed by atoms with Crippen LogP contribution in [0, 0.1) is 6.92 Å². The normalized spacial score (nSPS) is 10.2. The summed E-state index contributed by atoms with van der Waals surface area (Å²) in [7, 11) is 0. The predicted molar refractivity (Wildman–Crippen MR) is 75.6 cm³/mol. The summed E-state index contributed by atoms with van der Waals surface area (Å²) in [4.78, 5) is 26.7. The molecule has 0 atom stereocenters. The van der Waals surface area contributed by atoms with Crippen molar-refractivity contribution in [3.05, 3.63) is 63.6 Å². The Balaban J connectivity index is 2.28. The van der Waals surface area contributed by atoms with Crippen molar-refractivity contribution in [1.82, 2.24) is 4.98 Å². The summed E-state index contributed by atoms with van der Waals surface area (Å²) in [5.41, 5.74) is 2.36. The maximum Gasteiger partial charge on any atom is 0.261 e. The molecule has 2 aromatic rings. The third-order valence-electron chi connectivity index (χ3n) is 2.95. The molecule has 2 N–H and O–H groups in total. The van der Waals surface area contributed by atoms with E-state index in [4.69, 9.17) is 0 Å². The molecule has 0 aliphatic carbocycles. The molecule has 1 aromatic heterocycles. The topological polar surface area (TPSA) is 62.0 Å². The molecule has 1 heterocycles. The molecule has 0 fully saturated rings. The smallest absolute Gasteiger partial charge is 0.261 e. The summed E-state index contributed by atoms with van der Waals surface area (Å²) in [5, 5.41) is 2.78. The zero-order valence-electron chi connectivity index (χ0n) is 11.0. The Kier molecular flexibility index (Phi) is 3.80. The van der Waals surface area contributed by atoms with Gasteiger partial charge in [-0.15, -0.1) is 0 Å². The van der Waals surface area contributed by atoms with Gasteiger partial charge in [-0.2, -0.15) is 0 Å². The van der Waals surface area contributed by atoms with Crippen LogP contribution in [0.4, 0.5) is 5.69 Å². The Morgan fingerprint density at radius 2 is 2.05 bits per heavy atom. The monoisotopic (exact) mass is 256 g/mol. The summed E-state index contributed by atoms with van der Waals surface area (Å²) in [6.07, 6.45) is 2.27. The van der Waals surface area contributed by atoms with Crippen LogP contribution in [0.2, 0.25) is 0 Å². The number of carbonyl (C=O) groups is 1. The van der Waals surface area contributed by atoms with Crippen LogP contribution in [0.5, 0.6) is 0 Å². The SMILES string of the molecule is CCc1ccccc1NC(=O)c1c[nH]c(C)cc1=O. The van der Waals surface area contributed by atoms with Gasteiger partial charge in [0.25, 0.3) is 5.91 Å². The van der Waals surface area contributed by atoms with Gasteiger partial charge in [0.05, 0.1) is 0 Å². The highest BCUT2D eigenvalue weighted by Gasteiger charge is 2.11. The minimum absolute atomic E-state index is 0.122. The number of hydrogen-bond donors (Lipinski definition) is 2. The fourth-order valence-corrected chi connectivity index (χ4v) is 1.89. The number of pyridine rings is 1. The number of aromatic nitrogens is 1. The van der Waals surface area contributed by atoms with Crippen molar-refractivity contribution < 1.29 is 4.79 Å². The van der Waals surface area contributed by atoms with Gasteiger partial charge in [0, 0.05) is 23.6 Å². The van der Waals surface area contributed by atoms with Crippen molar-refractivity contribution in [2.75, 3.05) is 5.32 Å². The quantitative estimate of drug-likeness (QED) is 0.886.